The van der Waals surface area contributed by atoms with Gasteiger partial charge in [0.25, 0.3) is 0 Å². The Balaban J connectivity index is 2.01. The zero-order valence-electron chi connectivity index (χ0n) is 13.7. The van der Waals surface area contributed by atoms with Gasteiger partial charge in [-0.05, 0) is 37.3 Å². The Morgan fingerprint density at radius 1 is 1.26 bits per heavy atom. The maximum Gasteiger partial charge on any atom is 0.306 e. The number of carbonyl (C=O) groups is 2. The predicted molar refractivity (Wildman–Crippen MR) is 88.5 cm³/mol. The summed E-state index contributed by atoms with van der Waals surface area (Å²) in [6.45, 7) is 4.71. The minimum absolute atomic E-state index is 0.114. The molecule has 1 aromatic rings. The first-order chi connectivity index (χ1) is 11.0. The van der Waals surface area contributed by atoms with E-state index in [1.165, 1.54) is 0 Å². The molecule has 0 radical (unpaired) electrons. The highest BCUT2D eigenvalue weighted by Gasteiger charge is 2.31. The van der Waals surface area contributed by atoms with Crippen LogP contribution in [0.15, 0.2) is 24.3 Å². The Hall–Kier alpha value is -2.04. The number of rotatable bonds is 6. The van der Waals surface area contributed by atoms with Gasteiger partial charge in [0.2, 0.25) is 5.91 Å². The molecule has 5 nitrogen and oxygen atoms in total. The highest BCUT2D eigenvalue weighted by molar-refractivity contribution is 5.94. The van der Waals surface area contributed by atoms with Crippen LogP contribution < -0.4 is 10.1 Å². The molecule has 2 N–H and O–H groups in total. The first-order valence-electron chi connectivity index (χ1n) is 8.23. The highest BCUT2D eigenvalue weighted by Crippen LogP contribution is 2.31. The van der Waals surface area contributed by atoms with E-state index in [0.29, 0.717) is 36.8 Å². The van der Waals surface area contributed by atoms with E-state index < -0.39 is 11.9 Å². The van der Waals surface area contributed by atoms with Crippen molar-refractivity contribution in [3.63, 3.8) is 0 Å². The van der Waals surface area contributed by atoms with Crippen molar-refractivity contribution in [1.29, 1.82) is 0 Å². The van der Waals surface area contributed by atoms with Gasteiger partial charge in [0, 0.05) is 5.92 Å². The van der Waals surface area contributed by atoms with E-state index >= 15 is 0 Å². The van der Waals surface area contributed by atoms with E-state index in [9.17, 15) is 9.59 Å². The third-order valence-corrected chi connectivity index (χ3v) is 4.11. The number of anilines is 1. The largest absolute Gasteiger partial charge is 0.491 e. The molecular weight excluding hydrogens is 294 g/mol. The molecule has 1 fully saturated rings. The topological polar surface area (TPSA) is 75.6 Å². The SMILES string of the molecule is CC(C)COc1ccccc1NC(=O)C1CCCC(C(=O)O)C1. The lowest BCUT2D eigenvalue weighted by molar-refractivity contribution is -0.143. The Morgan fingerprint density at radius 2 is 1.96 bits per heavy atom. The second kappa shape index (κ2) is 7.99. The molecule has 0 aromatic heterocycles. The molecule has 0 bridgehead atoms. The molecule has 0 saturated heterocycles. The van der Waals surface area contributed by atoms with E-state index in [2.05, 4.69) is 19.2 Å². The van der Waals surface area contributed by atoms with E-state index in [1.54, 1.807) is 0 Å². The van der Waals surface area contributed by atoms with Crippen molar-refractivity contribution in [2.75, 3.05) is 11.9 Å². The van der Waals surface area contributed by atoms with Gasteiger partial charge in [-0.1, -0.05) is 32.4 Å². The van der Waals surface area contributed by atoms with Gasteiger partial charge in [-0.3, -0.25) is 9.59 Å². The number of nitrogens with one attached hydrogen (secondary N) is 1. The fourth-order valence-electron chi connectivity index (χ4n) is 2.84. The number of para-hydroxylation sites is 2. The van der Waals surface area contributed by atoms with Crippen LogP contribution >= 0.6 is 0 Å². The highest BCUT2D eigenvalue weighted by atomic mass is 16.5. The number of carbonyl (C=O) groups excluding carboxylic acids is 1. The summed E-state index contributed by atoms with van der Waals surface area (Å²) < 4.78 is 5.74. The van der Waals surface area contributed by atoms with Crippen LogP contribution in [0.4, 0.5) is 5.69 Å². The third kappa shape index (κ3) is 4.98. The summed E-state index contributed by atoms with van der Waals surface area (Å²) in [5.41, 5.74) is 0.649. The normalized spacial score (nSPS) is 21.0. The van der Waals surface area contributed by atoms with Gasteiger partial charge in [0.05, 0.1) is 18.2 Å². The van der Waals surface area contributed by atoms with Gasteiger partial charge in [-0.2, -0.15) is 0 Å². The lowest BCUT2D eigenvalue weighted by Gasteiger charge is -2.26. The monoisotopic (exact) mass is 319 g/mol. The molecule has 2 rings (SSSR count). The molecular formula is C18H25NO4. The van der Waals surface area contributed by atoms with Crippen molar-refractivity contribution in [3.05, 3.63) is 24.3 Å². The van der Waals surface area contributed by atoms with Crippen LogP contribution in [0, 0.1) is 17.8 Å². The Kier molecular flexibility index (Phi) is 6.02. The summed E-state index contributed by atoms with van der Waals surface area (Å²) in [7, 11) is 0. The van der Waals surface area contributed by atoms with Crippen LogP contribution in [0.5, 0.6) is 5.75 Å². The van der Waals surface area contributed by atoms with Crippen LogP contribution in [-0.4, -0.2) is 23.6 Å². The van der Waals surface area contributed by atoms with Crippen LogP contribution in [0.1, 0.15) is 39.5 Å². The Morgan fingerprint density at radius 3 is 2.65 bits per heavy atom. The molecule has 5 heteroatoms. The van der Waals surface area contributed by atoms with Crippen molar-refractivity contribution in [1.82, 2.24) is 0 Å². The molecule has 2 unspecified atom stereocenters. The maximum atomic E-state index is 12.5. The molecule has 1 amide bonds. The van der Waals surface area contributed by atoms with Gasteiger partial charge in [-0.25, -0.2) is 0 Å². The second-order valence-electron chi connectivity index (χ2n) is 6.59. The smallest absolute Gasteiger partial charge is 0.306 e. The average Bonchev–Trinajstić information content (AvgIpc) is 2.54. The fourth-order valence-corrected chi connectivity index (χ4v) is 2.84. The summed E-state index contributed by atoms with van der Waals surface area (Å²) in [5, 5.41) is 12.0. The summed E-state index contributed by atoms with van der Waals surface area (Å²) in [4.78, 5) is 23.6. The van der Waals surface area contributed by atoms with Crippen LogP contribution in [-0.2, 0) is 9.59 Å². The number of carboxylic acid groups (broad SMARTS) is 1. The average molecular weight is 319 g/mol. The standard InChI is InChI=1S/C18H25NO4/c1-12(2)11-23-16-9-4-3-8-15(16)19-17(20)13-6-5-7-14(10-13)18(21)22/h3-4,8-9,12-14H,5-7,10-11H2,1-2H3,(H,19,20)(H,21,22). The van der Waals surface area contributed by atoms with Gasteiger partial charge in [0.15, 0.2) is 0 Å². The Labute approximate surface area is 137 Å². The zero-order valence-corrected chi connectivity index (χ0v) is 13.7. The molecule has 126 valence electrons. The minimum atomic E-state index is -0.803. The molecule has 0 heterocycles. The summed E-state index contributed by atoms with van der Waals surface area (Å²) >= 11 is 0. The molecule has 1 saturated carbocycles. The number of amides is 1. The maximum absolute atomic E-state index is 12.5. The first kappa shape index (κ1) is 17.3. The zero-order chi connectivity index (χ0) is 16.8. The van der Waals surface area contributed by atoms with E-state index in [0.717, 1.165) is 12.8 Å². The number of carboxylic acids is 1. The van der Waals surface area contributed by atoms with Crippen molar-refractivity contribution in [3.8, 4) is 5.75 Å². The van der Waals surface area contributed by atoms with E-state index in [4.69, 9.17) is 9.84 Å². The van der Waals surface area contributed by atoms with Crippen molar-refractivity contribution < 1.29 is 19.4 Å². The van der Waals surface area contributed by atoms with Gasteiger partial charge < -0.3 is 15.2 Å². The quantitative estimate of drug-likeness (QED) is 0.841. The molecule has 1 aromatic carbocycles. The van der Waals surface area contributed by atoms with Gasteiger partial charge >= 0.3 is 5.97 Å². The van der Waals surface area contributed by atoms with Gasteiger partial charge in [-0.15, -0.1) is 0 Å². The first-order valence-corrected chi connectivity index (χ1v) is 8.23. The predicted octanol–water partition coefficient (Wildman–Crippen LogP) is 3.55. The molecule has 1 aliphatic carbocycles. The van der Waals surface area contributed by atoms with Crippen molar-refractivity contribution >= 4 is 17.6 Å². The number of aliphatic carboxylic acids is 1. The van der Waals surface area contributed by atoms with Crippen molar-refractivity contribution in [2.45, 2.75) is 39.5 Å². The van der Waals surface area contributed by atoms with E-state index in [1.807, 2.05) is 24.3 Å². The fraction of sp³-hybridized carbons (Fsp3) is 0.556. The van der Waals surface area contributed by atoms with E-state index in [-0.39, 0.29) is 11.8 Å². The summed E-state index contributed by atoms with van der Waals surface area (Å²) in [6, 6.07) is 7.36. The number of hydrogen-bond acceptors (Lipinski definition) is 3. The molecule has 1 aliphatic rings. The third-order valence-electron chi connectivity index (χ3n) is 4.11. The lowest BCUT2D eigenvalue weighted by atomic mass is 9.81. The Bertz CT molecular complexity index is 556. The van der Waals surface area contributed by atoms with Crippen LogP contribution in [0.25, 0.3) is 0 Å². The second-order valence-corrected chi connectivity index (χ2v) is 6.59. The lowest BCUT2D eigenvalue weighted by Crippen LogP contribution is -2.31. The van der Waals surface area contributed by atoms with Gasteiger partial charge in [0.1, 0.15) is 5.75 Å². The molecule has 0 aliphatic heterocycles. The molecule has 2 atom stereocenters. The van der Waals surface area contributed by atoms with Crippen LogP contribution in [0.3, 0.4) is 0 Å². The van der Waals surface area contributed by atoms with Crippen molar-refractivity contribution in [2.24, 2.45) is 17.8 Å². The number of benzene rings is 1. The molecule has 23 heavy (non-hydrogen) atoms. The molecule has 0 spiro atoms. The summed E-state index contributed by atoms with van der Waals surface area (Å²) in [6.07, 6.45) is 2.59. The number of hydrogen-bond donors (Lipinski definition) is 2. The van der Waals surface area contributed by atoms with Crippen LogP contribution in [0.2, 0.25) is 0 Å². The number of ether oxygens (including phenoxy) is 1. The summed E-state index contributed by atoms with van der Waals surface area (Å²) in [5.74, 6) is -0.525. The minimum Gasteiger partial charge on any atom is -0.491 e.